The second kappa shape index (κ2) is 7.32. The predicted octanol–water partition coefficient (Wildman–Crippen LogP) is 1.60. The Labute approximate surface area is 138 Å². The van der Waals surface area contributed by atoms with Gasteiger partial charge in [-0.2, -0.15) is 9.78 Å². The minimum atomic E-state index is -0.324. The lowest BCUT2D eigenvalue weighted by molar-refractivity contribution is 0.0947. The van der Waals surface area contributed by atoms with Gasteiger partial charge >= 0.3 is 0 Å². The molecule has 1 amide bonds. The van der Waals surface area contributed by atoms with Gasteiger partial charge in [-0.25, -0.2) is 0 Å². The molecule has 6 heteroatoms. The van der Waals surface area contributed by atoms with E-state index in [1.165, 1.54) is 16.8 Å². The molecule has 3 aromatic rings. The molecule has 0 aliphatic carbocycles. The molecule has 1 N–H and O–H groups in total. The number of carbonyl (C=O) groups is 1. The molecule has 0 saturated heterocycles. The van der Waals surface area contributed by atoms with Crippen LogP contribution in [0.4, 0.5) is 0 Å². The van der Waals surface area contributed by atoms with E-state index >= 15 is 0 Å². The monoisotopic (exact) mass is 320 g/mol. The van der Waals surface area contributed by atoms with E-state index in [1.54, 1.807) is 18.3 Å². The van der Waals surface area contributed by atoms with Crippen molar-refractivity contribution in [2.45, 2.75) is 6.42 Å². The summed E-state index contributed by atoms with van der Waals surface area (Å²) in [6.45, 7) is 0.446. The zero-order valence-corrected chi connectivity index (χ0v) is 12.9. The first-order chi connectivity index (χ1) is 11.7. The average molecular weight is 320 g/mol. The maximum Gasteiger partial charge on any atom is 0.271 e. The number of nitrogens with zero attached hydrogens (tertiary/aromatic N) is 3. The van der Waals surface area contributed by atoms with Gasteiger partial charge in [-0.05, 0) is 30.3 Å². The van der Waals surface area contributed by atoms with Gasteiger partial charge in [0.15, 0.2) is 0 Å². The van der Waals surface area contributed by atoms with Crippen LogP contribution in [-0.2, 0) is 6.42 Å². The van der Waals surface area contributed by atoms with Crippen molar-refractivity contribution in [3.05, 3.63) is 88.6 Å². The van der Waals surface area contributed by atoms with E-state index in [4.69, 9.17) is 0 Å². The SMILES string of the molecule is O=C(NCCc1ccccn1)c1ccc(=O)n(-c2ccccc2)n1. The Morgan fingerprint density at radius 3 is 2.54 bits per heavy atom. The third kappa shape index (κ3) is 3.73. The molecule has 0 fully saturated rings. The van der Waals surface area contributed by atoms with Gasteiger partial charge < -0.3 is 5.32 Å². The fourth-order valence-electron chi connectivity index (χ4n) is 2.23. The number of nitrogens with one attached hydrogen (secondary N) is 1. The van der Waals surface area contributed by atoms with Crippen molar-refractivity contribution in [1.82, 2.24) is 20.1 Å². The predicted molar refractivity (Wildman–Crippen MR) is 90.1 cm³/mol. The Morgan fingerprint density at radius 1 is 1.00 bits per heavy atom. The Morgan fingerprint density at radius 2 is 1.79 bits per heavy atom. The molecule has 0 unspecified atom stereocenters. The molecular weight excluding hydrogens is 304 g/mol. The Bertz CT molecular complexity index is 876. The number of rotatable bonds is 5. The Hall–Kier alpha value is -3.28. The first kappa shape index (κ1) is 15.6. The van der Waals surface area contributed by atoms with Crippen LogP contribution < -0.4 is 10.9 Å². The average Bonchev–Trinajstić information content (AvgIpc) is 2.63. The standard InChI is InChI=1S/C18H16N4O2/c23-17-10-9-16(21-22(17)15-7-2-1-3-8-15)18(24)20-13-11-14-6-4-5-12-19-14/h1-10,12H,11,13H2,(H,20,24). The fourth-order valence-corrected chi connectivity index (χ4v) is 2.23. The molecule has 0 aliphatic rings. The third-order valence-corrected chi connectivity index (χ3v) is 3.43. The second-order valence-corrected chi connectivity index (χ2v) is 5.13. The highest BCUT2D eigenvalue weighted by Gasteiger charge is 2.10. The van der Waals surface area contributed by atoms with Crippen LogP contribution in [0.1, 0.15) is 16.2 Å². The van der Waals surface area contributed by atoms with Gasteiger partial charge in [-0.1, -0.05) is 24.3 Å². The van der Waals surface area contributed by atoms with Crippen LogP contribution >= 0.6 is 0 Å². The molecule has 120 valence electrons. The van der Waals surface area contributed by atoms with E-state index in [0.29, 0.717) is 18.7 Å². The van der Waals surface area contributed by atoms with Crippen LogP contribution in [0.3, 0.4) is 0 Å². The summed E-state index contributed by atoms with van der Waals surface area (Å²) < 4.78 is 1.22. The van der Waals surface area contributed by atoms with Crippen LogP contribution in [0.5, 0.6) is 0 Å². The Balaban J connectivity index is 1.70. The molecule has 1 aromatic carbocycles. The van der Waals surface area contributed by atoms with Crippen LogP contribution in [0.2, 0.25) is 0 Å². The summed E-state index contributed by atoms with van der Waals surface area (Å²) in [5.74, 6) is -0.324. The maximum atomic E-state index is 12.2. The van der Waals surface area contributed by atoms with Gasteiger partial charge in [0.1, 0.15) is 5.69 Å². The molecule has 2 heterocycles. The van der Waals surface area contributed by atoms with Gasteiger partial charge in [-0.3, -0.25) is 14.6 Å². The fraction of sp³-hybridized carbons (Fsp3) is 0.111. The van der Waals surface area contributed by atoms with Gasteiger partial charge in [0.2, 0.25) is 0 Å². The summed E-state index contributed by atoms with van der Waals surface area (Å²) in [6, 6.07) is 17.4. The smallest absolute Gasteiger partial charge is 0.271 e. The van der Waals surface area contributed by atoms with Crippen molar-refractivity contribution in [2.24, 2.45) is 0 Å². The number of aromatic nitrogens is 3. The van der Waals surface area contributed by atoms with Gasteiger partial charge in [0.25, 0.3) is 11.5 Å². The molecule has 0 radical (unpaired) electrons. The lowest BCUT2D eigenvalue weighted by Crippen LogP contribution is -2.30. The molecule has 2 aromatic heterocycles. The molecule has 24 heavy (non-hydrogen) atoms. The molecule has 0 spiro atoms. The zero-order valence-electron chi connectivity index (χ0n) is 12.9. The molecule has 0 saturated carbocycles. The normalized spacial score (nSPS) is 10.3. The van der Waals surface area contributed by atoms with E-state index < -0.39 is 0 Å². The molecular formula is C18H16N4O2. The number of para-hydroxylation sites is 1. The number of benzene rings is 1. The molecule has 0 bridgehead atoms. The first-order valence-electron chi connectivity index (χ1n) is 7.58. The number of hydrogen-bond acceptors (Lipinski definition) is 4. The van der Waals surface area contributed by atoms with Crippen LogP contribution in [-0.4, -0.2) is 27.2 Å². The van der Waals surface area contributed by atoms with Crippen molar-refractivity contribution in [2.75, 3.05) is 6.54 Å². The third-order valence-electron chi connectivity index (χ3n) is 3.43. The highest BCUT2D eigenvalue weighted by Crippen LogP contribution is 2.03. The lowest BCUT2D eigenvalue weighted by atomic mass is 10.2. The molecule has 0 aliphatic heterocycles. The maximum absolute atomic E-state index is 12.2. The van der Waals surface area contributed by atoms with Crippen LogP contribution in [0.25, 0.3) is 5.69 Å². The van der Waals surface area contributed by atoms with Crippen molar-refractivity contribution >= 4 is 5.91 Å². The lowest BCUT2D eigenvalue weighted by Gasteiger charge is -2.07. The summed E-state index contributed by atoms with van der Waals surface area (Å²) in [6.07, 6.45) is 2.35. The van der Waals surface area contributed by atoms with Gasteiger partial charge in [0.05, 0.1) is 5.69 Å². The van der Waals surface area contributed by atoms with Gasteiger partial charge in [0, 0.05) is 30.9 Å². The molecule has 3 rings (SSSR count). The van der Waals surface area contributed by atoms with Gasteiger partial charge in [-0.15, -0.1) is 0 Å². The zero-order chi connectivity index (χ0) is 16.8. The van der Waals surface area contributed by atoms with E-state index in [2.05, 4.69) is 15.4 Å². The van der Waals surface area contributed by atoms with Crippen molar-refractivity contribution in [1.29, 1.82) is 0 Å². The Kier molecular flexibility index (Phi) is 4.76. The van der Waals surface area contributed by atoms with Crippen molar-refractivity contribution in [3.8, 4) is 5.69 Å². The van der Waals surface area contributed by atoms with Crippen molar-refractivity contribution < 1.29 is 4.79 Å². The van der Waals surface area contributed by atoms with Crippen LogP contribution in [0, 0.1) is 0 Å². The van der Waals surface area contributed by atoms with E-state index in [-0.39, 0.29) is 17.2 Å². The number of amides is 1. The largest absolute Gasteiger partial charge is 0.350 e. The molecule has 6 nitrogen and oxygen atoms in total. The minimum absolute atomic E-state index is 0.194. The number of pyridine rings is 1. The van der Waals surface area contributed by atoms with E-state index in [0.717, 1.165) is 5.69 Å². The van der Waals surface area contributed by atoms with Crippen molar-refractivity contribution in [3.63, 3.8) is 0 Å². The van der Waals surface area contributed by atoms with Crippen LogP contribution in [0.15, 0.2) is 71.7 Å². The minimum Gasteiger partial charge on any atom is -0.350 e. The highest BCUT2D eigenvalue weighted by atomic mass is 16.2. The topological polar surface area (TPSA) is 76.9 Å². The summed E-state index contributed by atoms with van der Waals surface area (Å²) in [5, 5.41) is 6.93. The summed E-state index contributed by atoms with van der Waals surface area (Å²) in [5.41, 5.74) is 1.43. The number of hydrogen-bond donors (Lipinski definition) is 1. The number of carbonyl (C=O) groups excluding carboxylic acids is 1. The first-order valence-corrected chi connectivity index (χ1v) is 7.58. The molecule has 0 atom stereocenters. The highest BCUT2D eigenvalue weighted by molar-refractivity contribution is 5.92. The van der Waals surface area contributed by atoms with E-state index in [9.17, 15) is 9.59 Å². The van der Waals surface area contributed by atoms with E-state index in [1.807, 2.05) is 36.4 Å². The summed E-state index contributed by atoms with van der Waals surface area (Å²) in [7, 11) is 0. The summed E-state index contributed by atoms with van der Waals surface area (Å²) in [4.78, 5) is 28.4. The second-order valence-electron chi connectivity index (χ2n) is 5.13. The summed E-state index contributed by atoms with van der Waals surface area (Å²) >= 11 is 0. The quantitative estimate of drug-likeness (QED) is 0.774.